The minimum absolute atomic E-state index is 0.0486. The van der Waals surface area contributed by atoms with Crippen LogP contribution in [0.2, 0.25) is 0 Å². The van der Waals surface area contributed by atoms with Crippen molar-refractivity contribution >= 4 is 7.82 Å². The summed E-state index contributed by atoms with van der Waals surface area (Å²) in [5.41, 5.74) is 5.23. The van der Waals surface area contributed by atoms with E-state index in [1.54, 1.807) is 0 Å². The van der Waals surface area contributed by atoms with Crippen LogP contribution in [-0.4, -0.2) is 24.7 Å². The maximum atomic E-state index is 11.4. The number of rotatable bonds is 25. The summed E-state index contributed by atoms with van der Waals surface area (Å²) in [5, 5.41) is 0. The smallest absolute Gasteiger partial charge is 0.328 e. The molecule has 1 atom stereocenters. The summed E-state index contributed by atoms with van der Waals surface area (Å²) < 4.78 is 21.0. The van der Waals surface area contributed by atoms with Gasteiger partial charge in [-0.25, -0.2) is 4.57 Å². The molecule has 0 bridgehead atoms. The molecule has 0 rings (SSSR count). The lowest BCUT2D eigenvalue weighted by Gasteiger charge is -2.11. The van der Waals surface area contributed by atoms with Crippen LogP contribution in [0, 0.1) is 0 Å². The van der Waals surface area contributed by atoms with Crippen molar-refractivity contribution in [3.8, 4) is 0 Å². The van der Waals surface area contributed by atoms with Gasteiger partial charge in [0.05, 0.1) is 13.2 Å². The number of phosphoric ester groups is 1. The van der Waals surface area contributed by atoms with E-state index in [1.165, 1.54) is 116 Å². The fraction of sp³-hybridized carbons (Fsp3) is 1.00. The molecule has 0 saturated carbocycles. The molecule has 0 amide bonds. The van der Waals surface area contributed by atoms with E-state index >= 15 is 0 Å². The highest BCUT2D eigenvalue weighted by Gasteiger charge is 2.19. The van der Waals surface area contributed by atoms with Crippen LogP contribution in [0.15, 0.2) is 0 Å². The average Bonchev–Trinajstić information content (AvgIpc) is 2.73. The van der Waals surface area contributed by atoms with E-state index in [0.29, 0.717) is 0 Å². The van der Waals surface area contributed by atoms with E-state index in [1.807, 2.05) is 0 Å². The van der Waals surface area contributed by atoms with Crippen molar-refractivity contribution in [1.82, 2.24) is 0 Å². The lowest BCUT2D eigenvalue weighted by Crippen LogP contribution is -2.08. The Morgan fingerprint density at radius 2 is 0.867 bits per heavy atom. The molecule has 0 aromatic carbocycles. The van der Waals surface area contributed by atoms with Crippen LogP contribution in [0.3, 0.4) is 0 Å². The minimum atomic E-state index is -3.88. The number of unbranched alkanes of at least 4 members (excludes halogenated alkanes) is 19. The Labute approximate surface area is 187 Å². The standard InChI is InChI=1S/C24H52NO4P/c1-2-3-4-5-6-7-8-9-10-11-12-13-14-15-16-17-18-19-20-21-23-28-30(26,27)29-24-22-25/h2-25H2,1H3,(H,26,27). The third kappa shape index (κ3) is 24.3. The summed E-state index contributed by atoms with van der Waals surface area (Å²) >= 11 is 0. The van der Waals surface area contributed by atoms with E-state index in [4.69, 9.17) is 10.3 Å². The zero-order chi connectivity index (χ0) is 22.2. The second-order valence-corrected chi connectivity index (χ2v) is 10.1. The summed E-state index contributed by atoms with van der Waals surface area (Å²) in [6.07, 6.45) is 26.8. The first kappa shape index (κ1) is 30.1. The minimum Gasteiger partial charge on any atom is -0.328 e. The highest BCUT2D eigenvalue weighted by Crippen LogP contribution is 2.42. The lowest BCUT2D eigenvalue weighted by atomic mass is 10.0. The third-order valence-electron chi connectivity index (χ3n) is 5.62. The molecule has 1 unspecified atom stereocenters. The van der Waals surface area contributed by atoms with Crippen molar-refractivity contribution in [2.45, 2.75) is 135 Å². The normalized spacial score (nSPS) is 13.6. The molecule has 0 saturated heterocycles. The van der Waals surface area contributed by atoms with Gasteiger partial charge in [0.2, 0.25) is 0 Å². The van der Waals surface area contributed by atoms with E-state index in [-0.39, 0.29) is 19.8 Å². The molecule has 0 fully saturated rings. The summed E-state index contributed by atoms with van der Waals surface area (Å²) in [7, 11) is -3.88. The lowest BCUT2D eigenvalue weighted by molar-refractivity contribution is 0.150. The number of hydrogen-bond acceptors (Lipinski definition) is 4. The summed E-state index contributed by atoms with van der Waals surface area (Å²) in [5.74, 6) is 0. The third-order valence-corrected chi connectivity index (χ3v) is 6.64. The van der Waals surface area contributed by atoms with E-state index in [0.717, 1.165) is 12.8 Å². The van der Waals surface area contributed by atoms with E-state index in [9.17, 15) is 9.46 Å². The molecular formula is C24H52NO4P. The number of nitrogens with two attached hydrogens (primary N) is 1. The molecule has 0 radical (unpaired) electrons. The van der Waals surface area contributed by atoms with E-state index in [2.05, 4.69) is 11.4 Å². The maximum absolute atomic E-state index is 11.4. The Hall–Kier alpha value is 0.0700. The molecule has 0 aromatic rings. The van der Waals surface area contributed by atoms with Crippen LogP contribution >= 0.6 is 7.82 Å². The molecule has 6 heteroatoms. The molecule has 3 N–H and O–H groups in total. The average molecular weight is 450 g/mol. The Morgan fingerprint density at radius 3 is 1.20 bits per heavy atom. The van der Waals surface area contributed by atoms with Crippen molar-refractivity contribution in [3.63, 3.8) is 0 Å². The van der Waals surface area contributed by atoms with Crippen molar-refractivity contribution in [2.75, 3.05) is 19.8 Å². The van der Waals surface area contributed by atoms with Crippen molar-refractivity contribution < 1.29 is 18.5 Å². The number of hydrogen-bond donors (Lipinski definition) is 2. The SMILES string of the molecule is CCCCCCCCCCCCCCCCCCCCCCOP(=O)(O)OCCN. The molecule has 5 nitrogen and oxygen atoms in total. The van der Waals surface area contributed by atoms with Gasteiger partial charge in [-0.2, -0.15) is 0 Å². The van der Waals surface area contributed by atoms with Crippen LogP contribution in [0.5, 0.6) is 0 Å². The van der Waals surface area contributed by atoms with Gasteiger partial charge in [-0.05, 0) is 6.42 Å². The second-order valence-electron chi connectivity index (χ2n) is 8.64. The summed E-state index contributed by atoms with van der Waals surface area (Å²) in [6.45, 7) is 2.82. The summed E-state index contributed by atoms with van der Waals surface area (Å²) in [6, 6.07) is 0. The van der Waals surface area contributed by atoms with Gasteiger partial charge in [-0.1, -0.05) is 129 Å². The van der Waals surface area contributed by atoms with Crippen LogP contribution in [-0.2, 0) is 13.6 Å². The maximum Gasteiger partial charge on any atom is 0.472 e. The highest BCUT2D eigenvalue weighted by molar-refractivity contribution is 7.47. The van der Waals surface area contributed by atoms with Gasteiger partial charge in [0.25, 0.3) is 0 Å². The fourth-order valence-corrected chi connectivity index (χ4v) is 4.51. The van der Waals surface area contributed by atoms with Gasteiger partial charge in [-0.3, -0.25) is 9.05 Å². The molecule has 30 heavy (non-hydrogen) atoms. The van der Waals surface area contributed by atoms with Crippen LogP contribution < -0.4 is 5.73 Å². The molecule has 0 spiro atoms. The zero-order valence-electron chi connectivity index (χ0n) is 20.0. The predicted octanol–water partition coefficient (Wildman–Crippen LogP) is 7.90. The predicted molar refractivity (Wildman–Crippen MR) is 129 cm³/mol. The number of phosphoric acid groups is 1. The van der Waals surface area contributed by atoms with Crippen LogP contribution in [0.4, 0.5) is 0 Å². The van der Waals surface area contributed by atoms with Gasteiger partial charge in [0, 0.05) is 6.54 Å². The molecule has 0 aliphatic carbocycles. The van der Waals surface area contributed by atoms with Gasteiger partial charge in [0.15, 0.2) is 0 Å². The van der Waals surface area contributed by atoms with Gasteiger partial charge in [0.1, 0.15) is 0 Å². The first-order valence-electron chi connectivity index (χ1n) is 12.9. The Morgan fingerprint density at radius 1 is 0.567 bits per heavy atom. The van der Waals surface area contributed by atoms with E-state index < -0.39 is 7.82 Å². The summed E-state index contributed by atoms with van der Waals surface area (Å²) in [4.78, 5) is 9.36. The van der Waals surface area contributed by atoms with Crippen molar-refractivity contribution in [3.05, 3.63) is 0 Å². The molecule has 0 aliphatic heterocycles. The topological polar surface area (TPSA) is 81.8 Å². The Bertz CT molecular complexity index is 382. The first-order chi connectivity index (χ1) is 14.6. The Balaban J connectivity index is 3.12. The molecule has 0 aromatic heterocycles. The fourth-order valence-electron chi connectivity index (χ4n) is 3.74. The van der Waals surface area contributed by atoms with Crippen LogP contribution in [0.1, 0.15) is 135 Å². The first-order valence-corrected chi connectivity index (χ1v) is 14.4. The molecule has 0 heterocycles. The van der Waals surface area contributed by atoms with Gasteiger partial charge in [-0.15, -0.1) is 0 Å². The van der Waals surface area contributed by atoms with Crippen LogP contribution in [0.25, 0.3) is 0 Å². The van der Waals surface area contributed by atoms with Gasteiger partial charge >= 0.3 is 7.82 Å². The Kier molecular flexibility index (Phi) is 23.8. The quantitative estimate of drug-likeness (QED) is 0.109. The molecular weight excluding hydrogens is 397 g/mol. The van der Waals surface area contributed by atoms with Gasteiger partial charge < -0.3 is 10.6 Å². The molecule has 0 aliphatic rings. The zero-order valence-corrected chi connectivity index (χ0v) is 20.9. The van der Waals surface area contributed by atoms with Crippen molar-refractivity contribution in [1.29, 1.82) is 0 Å². The largest absolute Gasteiger partial charge is 0.472 e. The van der Waals surface area contributed by atoms with Crippen molar-refractivity contribution in [2.24, 2.45) is 5.73 Å². The molecule has 182 valence electrons. The monoisotopic (exact) mass is 449 g/mol. The highest BCUT2D eigenvalue weighted by atomic mass is 31.2. The second kappa shape index (κ2) is 23.7.